The van der Waals surface area contributed by atoms with Crippen LogP contribution >= 0.6 is 0 Å². The predicted octanol–water partition coefficient (Wildman–Crippen LogP) is 3.28. The van der Waals surface area contributed by atoms with Gasteiger partial charge in [0.05, 0.1) is 25.5 Å². The summed E-state index contributed by atoms with van der Waals surface area (Å²) in [6.45, 7) is 0.452. The van der Waals surface area contributed by atoms with Crippen LogP contribution in [-0.2, 0) is 16.4 Å². The number of rotatable bonds is 10. The second-order valence-electron chi connectivity index (χ2n) is 7.48. The van der Waals surface area contributed by atoms with Crippen molar-refractivity contribution in [1.29, 1.82) is 0 Å². The van der Waals surface area contributed by atoms with Crippen molar-refractivity contribution in [2.24, 2.45) is 0 Å². The number of aromatic carboxylic acids is 1. The molecule has 168 valence electrons. The lowest BCUT2D eigenvalue weighted by molar-refractivity contribution is 0.0696. The summed E-state index contributed by atoms with van der Waals surface area (Å²) in [6.07, 6.45) is 4.16. The summed E-state index contributed by atoms with van der Waals surface area (Å²) >= 11 is 0. The molecule has 1 aliphatic rings. The maximum absolute atomic E-state index is 13.0. The fraction of sp³-hybridized carbons (Fsp3) is 0.409. The van der Waals surface area contributed by atoms with Crippen LogP contribution in [0.1, 0.15) is 41.6 Å². The second-order valence-corrected chi connectivity index (χ2v) is 9.17. The van der Waals surface area contributed by atoms with Crippen molar-refractivity contribution in [3.8, 4) is 11.5 Å². The Morgan fingerprint density at radius 2 is 1.77 bits per heavy atom. The zero-order valence-electron chi connectivity index (χ0n) is 17.7. The second kappa shape index (κ2) is 10.0. The molecular weight excluding hydrogens is 420 g/mol. The van der Waals surface area contributed by atoms with Crippen molar-refractivity contribution in [2.75, 3.05) is 26.1 Å². The summed E-state index contributed by atoms with van der Waals surface area (Å²) < 4.78 is 39.3. The van der Waals surface area contributed by atoms with E-state index in [9.17, 15) is 18.3 Å². The van der Waals surface area contributed by atoms with Crippen molar-refractivity contribution < 1.29 is 27.8 Å². The first-order chi connectivity index (χ1) is 14.8. The van der Waals surface area contributed by atoms with Crippen molar-refractivity contribution in [3.05, 3.63) is 47.5 Å². The number of anilines is 1. The molecule has 8 nitrogen and oxygen atoms in total. The average Bonchev–Trinajstić information content (AvgIpc) is 3.25. The highest BCUT2D eigenvalue weighted by Crippen LogP contribution is 2.29. The molecule has 1 saturated carbocycles. The Kier molecular flexibility index (Phi) is 7.40. The Balaban J connectivity index is 1.78. The van der Waals surface area contributed by atoms with Crippen molar-refractivity contribution >= 4 is 21.7 Å². The molecule has 1 fully saturated rings. The lowest BCUT2D eigenvalue weighted by Crippen LogP contribution is -2.33. The fourth-order valence-corrected chi connectivity index (χ4v) is 5.24. The number of methoxy groups -OCH3 is 2. The first kappa shape index (κ1) is 22.9. The largest absolute Gasteiger partial charge is 0.493 e. The van der Waals surface area contributed by atoms with E-state index in [-0.39, 0.29) is 16.5 Å². The molecule has 2 aromatic rings. The summed E-state index contributed by atoms with van der Waals surface area (Å²) in [5.41, 5.74) is 1.29. The molecule has 0 unspecified atom stereocenters. The first-order valence-corrected chi connectivity index (χ1v) is 11.7. The Morgan fingerprint density at radius 3 is 2.42 bits per heavy atom. The Labute approximate surface area is 182 Å². The van der Waals surface area contributed by atoms with Crippen molar-refractivity contribution in [2.45, 2.75) is 43.0 Å². The third-order valence-corrected chi connectivity index (χ3v) is 6.93. The number of benzene rings is 2. The maximum atomic E-state index is 13.0. The van der Waals surface area contributed by atoms with Gasteiger partial charge in [-0.05, 0) is 55.2 Å². The van der Waals surface area contributed by atoms with Crippen LogP contribution in [0.25, 0.3) is 0 Å². The minimum Gasteiger partial charge on any atom is -0.493 e. The van der Waals surface area contributed by atoms with Crippen LogP contribution in [-0.4, -0.2) is 46.3 Å². The molecule has 0 aromatic heterocycles. The molecular formula is C22H28N2O6S. The normalized spacial score (nSPS) is 14.4. The van der Waals surface area contributed by atoms with Gasteiger partial charge < -0.3 is 19.9 Å². The van der Waals surface area contributed by atoms with E-state index in [1.807, 2.05) is 18.2 Å². The number of nitrogens with one attached hydrogen (secondary N) is 2. The summed E-state index contributed by atoms with van der Waals surface area (Å²) in [7, 11) is -0.719. The van der Waals surface area contributed by atoms with Gasteiger partial charge >= 0.3 is 5.97 Å². The average molecular weight is 449 g/mol. The van der Waals surface area contributed by atoms with Gasteiger partial charge in [0.25, 0.3) is 0 Å². The number of hydrogen-bond acceptors (Lipinski definition) is 6. The minimum absolute atomic E-state index is 0.0494. The van der Waals surface area contributed by atoms with Gasteiger partial charge in [-0.3, -0.25) is 0 Å². The fourth-order valence-electron chi connectivity index (χ4n) is 3.73. The van der Waals surface area contributed by atoms with E-state index in [1.54, 1.807) is 14.2 Å². The molecule has 0 heterocycles. The number of sulfonamides is 1. The monoisotopic (exact) mass is 448 g/mol. The van der Waals surface area contributed by atoms with Gasteiger partial charge in [-0.1, -0.05) is 18.9 Å². The number of ether oxygens (including phenoxy) is 2. The molecule has 0 saturated heterocycles. The van der Waals surface area contributed by atoms with Crippen LogP contribution in [0, 0.1) is 0 Å². The molecule has 0 spiro atoms. The molecule has 9 heteroatoms. The van der Waals surface area contributed by atoms with E-state index >= 15 is 0 Å². The zero-order valence-corrected chi connectivity index (χ0v) is 18.5. The van der Waals surface area contributed by atoms with Crippen LogP contribution in [0.15, 0.2) is 41.3 Å². The number of carboxylic acid groups (broad SMARTS) is 1. The number of hydrogen-bond donors (Lipinski definition) is 3. The van der Waals surface area contributed by atoms with E-state index in [0.717, 1.165) is 31.2 Å². The van der Waals surface area contributed by atoms with Crippen LogP contribution < -0.4 is 19.5 Å². The third kappa shape index (κ3) is 5.68. The molecule has 2 aromatic carbocycles. The van der Waals surface area contributed by atoms with Gasteiger partial charge in [0.2, 0.25) is 10.0 Å². The lowest BCUT2D eigenvalue weighted by atomic mass is 10.1. The highest BCUT2D eigenvalue weighted by atomic mass is 32.2. The number of carboxylic acids is 1. The Bertz CT molecular complexity index is 1030. The Hall–Kier alpha value is -2.78. The molecule has 31 heavy (non-hydrogen) atoms. The van der Waals surface area contributed by atoms with Gasteiger partial charge in [-0.15, -0.1) is 0 Å². The highest BCUT2D eigenvalue weighted by Gasteiger charge is 2.26. The molecule has 0 atom stereocenters. The number of carbonyl (C=O) groups is 1. The van der Waals surface area contributed by atoms with Gasteiger partial charge in [-0.25, -0.2) is 17.9 Å². The molecule has 1 aliphatic carbocycles. The first-order valence-electron chi connectivity index (χ1n) is 10.2. The summed E-state index contributed by atoms with van der Waals surface area (Å²) in [5.74, 6) is 0.0823. The minimum atomic E-state index is -3.86. The molecule has 0 radical (unpaired) electrons. The van der Waals surface area contributed by atoms with Gasteiger partial charge in [0.1, 0.15) is 4.90 Å². The van der Waals surface area contributed by atoms with Gasteiger partial charge in [0, 0.05) is 12.6 Å². The van der Waals surface area contributed by atoms with Crippen LogP contribution in [0.3, 0.4) is 0 Å². The summed E-state index contributed by atoms with van der Waals surface area (Å²) in [5, 5.41) is 12.5. The van der Waals surface area contributed by atoms with Crippen LogP contribution in [0.2, 0.25) is 0 Å². The van der Waals surface area contributed by atoms with E-state index in [0.29, 0.717) is 30.2 Å². The van der Waals surface area contributed by atoms with Crippen LogP contribution in [0.4, 0.5) is 5.69 Å². The summed E-state index contributed by atoms with van der Waals surface area (Å²) in [6, 6.07) is 9.59. The molecule has 0 aliphatic heterocycles. The lowest BCUT2D eigenvalue weighted by Gasteiger charge is -2.17. The molecule has 0 bridgehead atoms. The molecule has 0 amide bonds. The van der Waals surface area contributed by atoms with Gasteiger partial charge in [0.15, 0.2) is 11.5 Å². The summed E-state index contributed by atoms with van der Waals surface area (Å²) in [4.78, 5) is 11.3. The van der Waals surface area contributed by atoms with E-state index in [2.05, 4.69) is 10.0 Å². The van der Waals surface area contributed by atoms with Crippen molar-refractivity contribution in [1.82, 2.24) is 4.72 Å². The van der Waals surface area contributed by atoms with Crippen molar-refractivity contribution in [3.63, 3.8) is 0 Å². The smallest absolute Gasteiger partial charge is 0.335 e. The Morgan fingerprint density at radius 1 is 1.06 bits per heavy atom. The van der Waals surface area contributed by atoms with Gasteiger partial charge in [-0.2, -0.15) is 0 Å². The third-order valence-electron chi connectivity index (χ3n) is 5.37. The quantitative estimate of drug-likeness (QED) is 0.511. The highest BCUT2D eigenvalue weighted by molar-refractivity contribution is 7.89. The van der Waals surface area contributed by atoms with Crippen LogP contribution in [0.5, 0.6) is 11.5 Å². The standard InChI is InChI=1S/C22H28N2O6S/c1-29-19-10-7-15(13-20(19)30-2)11-12-23-18-9-8-16(22(25)26)14-21(18)31(27,28)24-17-5-3-4-6-17/h7-10,13-14,17,23-24H,3-6,11-12H2,1-2H3,(H,25,26). The van der Waals surface area contributed by atoms with E-state index in [4.69, 9.17) is 9.47 Å². The SMILES string of the molecule is COc1ccc(CCNc2ccc(C(=O)O)cc2S(=O)(=O)NC2CCCC2)cc1OC. The molecule has 3 rings (SSSR count). The maximum Gasteiger partial charge on any atom is 0.335 e. The molecule has 3 N–H and O–H groups in total. The van der Waals surface area contributed by atoms with E-state index in [1.165, 1.54) is 18.2 Å². The topological polar surface area (TPSA) is 114 Å². The van der Waals surface area contributed by atoms with E-state index < -0.39 is 16.0 Å². The predicted molar refractivity (Wildman–Crippen MR) is 118 cm³/mol. The zero-order chi connectivity index (χ0) is 22.4.